The van der Waals surface area contributed by atoms with E-state index in [1.54, 1.807) is 6.07 Å². The normalized spacial score (nSPS) is 18.9. The first-order chi connectivity index (χ1) is 12.7. The lowest BCUT2D eigenvalue weighted by Crippen LogP contribution is -2.46. The number of benzene rings is 1. The molecule has 0 spiro atoms. The van der Waals surface area contributed by atoms with Crippen LogP contribution in [0.3, 0.4) is 0 Å². The third-order valence-electron chi connectivity index (χ3n) is 5.19. The van der Waals surface area contributed by atoms with Crippen LogP contribution in [-0.4, -0.2) is 56.7 Å². The minimum atomic E-state index is -0.140. The first-order valence-electron chi connectivity index (χ1n) is 9.97. The molecule has 2 aliphatic rings. The summed E-state index contributed by atoms with van der Waals surface area (Å²) >= 11 is 0. The Morgan fingerprint density at radius 2 is 1.92 bits per heavy atom. The Bertz CT molecular complexity index is 606. The van der Waals surface area contributed by atoms with E-state index in [9.17, 15) is 4.39 Å². The maximum Gasteiger partial charge on any atom is 0.191 e. The van der Waals surface area contributed by atoms with Gasteiger partial charge in [-0.05, 0) is 49.9 Å². The molecule has 1 aliphatic heterocycles. The van der Waals surface area contributed by atoms with Gasteiger partial charge in [0, 0.05) is 39.3 Å². The molecule has 0 bridgehead atoms. The quantitative estimate of drug-likeness (QED) is 0.578. The van der Waals surface area contributed by atoms with Crippen molar-refractivity contribution in [2.75, 3.05) is 50.7 Å². The molecule has 0 aromatic heterocycles. The van der Waals surface area contributed by atoms with E-state index in [-0.39, 0.29) is 5.82 Å². The summed E-state index contributed by atoms with van der Waals surface area (Å²) in [6, 6.07) is 5.54. The predicted octanol–water partition coefficient (Wildman–Crippen LogP) is 2.43. The number of halogens is 1. The highest BCUT2D eigenvalue weighted by atomic mass is 19.1. The van der Waals surface area contributed by atoms with Crippen LogP contribution >= 0.6 is 0 Å². The molecule has 0 amide bonds. The Hall–Kier alpha value is -1.82. The van der Waals surface area contributed by atoms with E-state index >= 15 is 0 Å². The smallest absolute Gasteiger partial charge is 0.191 e. The van der Waals surface area contributed by atoms with Crippen molar-refractivity contribution in [1.29, 1.82) is 0 Å². The number of anilines is 1. The number of likely N-dealkylation sites (N-methyl/N-ethyl adjacent to an activating group) is 1. The van der Waals surface area contributed by atoms with Crippen molar-refractivity contribution in [3.8, 4) is 0 Å². The Balaban J connectivity index is 1.58. The summed E-state index contributed by atoms with van der Waals surface area (Å²) in [5.74, 6) is 1.47. The first kappa shape index (κ1) is 19.0. The lowest BCUT2D eigenvalue weighted by Gasteiger charge is -2.35. The van der Waals surface area contributed by atoms with Crippen molar-refractivity contribution >= 4 is 11.6 Å². The highest BCUT2D eigenvalue weighted by molar-refractivity contribution is 5.79. The Kier molecular flexibility index (Phi) is 6.72. The van der Waals surface area contributed by atoms with Gasteiger partial charge in [0.1, 0.15) is 5.82 Å². The van der Waals surface area contributed by atoms with Crippen LogP contribution in [0.5, 0.6) is 0 Å². The molecule has 26 heavy (non-hydrogen) atoms. The summed E-state index contributed by atoms with van der Waals surface area (Å²) in [6.45, 7) is 11.4. The third-order valence-corrected chi connectivity index (χ3v) is 5.19. The van der Waals surface area contributed by atoms with E-state index in [0.29, 0.717) is 12.2 Å². The van der Waals surface area contributed by atoms with Gasteiger partial charge in [-0.15, -0.1) is 0 Å². The van der Waals surface area contributed by atoms with Gasteiger partial charge in [0.15, 0.2) is 5.96 Å². The highest BCUT2D eigenvalue weighted by Gasteiger charge is 2.21. The first-order valence-corrected chi connectivity index (χ1v) is 9.97. The summed E-state index contributed by atoms with van der Waals surface area (Å²) in [5.41, 5.74) is 1.62. The summed E-state index contributed by atoms with van der Waals surface area (Å²) < 4.78 is 14.6. The van der Waals surface area contributed by atoms with Gasteiger partial charge in [-0.3, -0.25) is 0 Å². The van der Waals surface area contributed by atoms with Crippen molar-refractivity contribution in [2.24, 2.45) is 10.9 Å². The maximum absolute atomic E-state index is 14.6. The van der Waals surface area contributed by atoms with E-state index in [2.05, 4.69) is 39.3 Å². The monoisotopic (exact) mass is 361 g/mol. The maximum atomic E-state index is 14.6. The Labute approximate surface area is 156 Å². The summed E-state index contributed by atoms with van der Waals surface area (Å²) in [6.07, 6.45) is 2.62. The minimum Gasteiger partial charge on any atom is -0.367 e. The zero-order chi connectivity index (χ0) is 18.4. The standard InChI is InChI=1S/C20H32FN5/c1-3-22-20(23-14-16-5-6-16)24-15-17-7-8-19(18(21)13-17)26-11-9-25(4-2)10-12-26/h7-8,13,16H,3-6,9-12,14-15H2,1-2H3,(H2,22,23,24). The number of hydrogen-bond acceptors (Lipinski definition) is 3. The van der Waals surface area contributed by atoms with Gasteiger partial charge in [0.2, 0.25) is 0 Å². The van der Waals surface area contributed by atoms with E-state index in [0.717, 1.165) is 63.3 Å². The predicted molar refractivity (Wildman–Crippen MR) is 106 cm³/mol. The molecule has 1 aromatic carbocycles. The molecule has 2 fully saturated rings. The number of guanidine groups is 1. The van der Waals surface area contributed by atoms with Gasteiger partial charge in [-0.25, -0.2) is 9.38 Å². The Morgan fingerprint density at radius 3 is 2.54 bits per heavy atom. The second-order valence-corrected chi connectivity index (χ2v) is 7.23. The molecule has 1 saturated heterocycles. The fraction of sp³-hybridized carbons (Fsp3) is 0.650. The summed E-state index contributed by atoms with van der Waals surface area (Å²) in [4.78, 5) is 9.14. The largest absolute Gasteiger partial charge is 0.367 e. The molecule has 5 nitrogen and oxygen atoms in total. The van der Waals surface area contributed by atoms with Crippen LogP contribution in [0.15, 0.2) is 23.2 Å². The fourth-order valence-corrected chi connectivity index (χ4v) is 3.29. The molecular weight excluding hydrogens is 329 g/mol. The fourth-order valence-electron chi connectivity index (χ4n) is 3.29. The lowest BCUT2D eigenvalue weighted by atomic mass is 10.1. The van der Waals surface area contributed by atoms with Crippen LogP contribution in [0.2, 0.25) is 0 Å². The van der Waals surface area contributed by atoms with Gasteiger partial charge in [-0.1, -0.05) is 13.0 Å². The molecule has 1 aromatic rings. The molecule has 3 rings (SSSR count). The van der Waals surface area contributed by atoms with Gasteiger partial charge < -0.3 is 20.4 Å². The number of piperazine rings is 1. The average molecular weight is 362 g/mol. The van der Waals surface area contributed by atoms with Crippen molar-refractivity contribution in [2.45, 2.75) is 33.2 Å². The zero-order valence-electron chi connectivity index (χ0n) is 16.1. The van der Waals surface area contributed by atoms with E-state index in [1.807, 2.05) is 12.1 Å². The van der Waals surface area contributed by atoms with E-state index < -0.39 is 0 Å². The number of rotatable bonds is 7. The number of hydrogen-bond donors (Lipinski definition) is 2. The molecule has 0 unspecified atom stereocenters. The van der Waals surface area contributed by atoms with Crippen LogP contribution in [0.1, 0.15) is 32.3 Å². The van der Waals surface area contributed by atoms with Crippen molar-refractivity contribution in [1.82, 2.24) is 15.5 Å². The molecule has 144 valence electrons. The minimum absolute atomic E-state index is 0.140. The third kappa shape index (κ3) is 5.34. The van der Waals surface area contributed by atoms with Crippen LogP contribution < -0.4 is 15.5 Å². The molecule has 0 radical (unpaired) electrons. The SMILES string of the molecule is CCNC(=NCc1ccc(N2CCN(CC)CC2)c(F)c1)NCC1CC1. The molecule has 1 aliphatic carbocycles. The Morgan fingerprint density at radius 1 is 1.15 bits per heavy atom. The van der Waals surface area contributed by atoms with Crippen molar-refractivity contribution < 1.29 is 4.39 Å². The number of nitrogens with zero attached hydrogens (tertiary/aromatic N) is 3. The molecule has 0 atom stereocenters. The van der Waals surface area contributed by atoms with Crippen molar-refractivity contribution in [3.05, 3.63) is 29.6 Å². The molecule has 6 heteroatoms. The molecule has 1 saturated carbocycles. The van der Waals surface area contributed by atoms with Gasteiger partial charge >= 0.3 is 0 Å². The highest BCUT2D eigenvalue weighted by Crippen LogP contribution is 2.27. The summed E-state index contributed by atoms with van der Waals surface area (Å²) in [7, 11) is 0. The van der Waals surface area contributed by atoms with Gasteiger partial charge in [0.05, 0.1) is 12.2 Å². The van der Waals surface area contributed by atoms with Crippen LogP contribution in [-0.2, 0) is 6.54 Å². The van der Waals surface area contributed by atoms with E-state index in [1.165, 1.54) is 12.8 Å². The van der Waals surface area contributed by atoms with Crippen LogP contribution in [0.4, 0.5) is 10.1 Å². The molecule has 2 N–H and O–H groups in total. The number of nitrogens with one attached hydrogen (secondary N) is 2. The lowest BCUT2D eigenvalue weighted by molar-refractivity contribution is 0.270. The topological polar surface area (TPSA) is 42.9 Å². The second kappa shape index (κ2) is 9.21. The van der Waals surface area contributed by atoms with Gasteiger partial charge in [-0.2, -0.15) is 0 Å². The van der Waals surface area contributed by atoms with E-state index in [4.69, 9.17) is 0 Å². The van der Waals surface area contributed by atoms with Crippen molar-refractivity contribution in [3.63, 3.8) is 0 Å². The molecular formula is C20H32FN5. The summed E-state index contributed by atoms with van der Waals surface area (Å²) in [5, 5.41) is 6.63. The van der Waals surface area contributed by atoms with Crippen LogP contribution in [0.25, 0.3) is 0 Å². The number of aliphatic imine (C=N–C) groups is 1. The second-order valence-electron chi connectivity index (χ2n) is 7.23. The zero-order valence-corrected chi connectivity index (χ0v) is 16.1. The van der Waals surface area contributed by atoms with Crippen LogP contribution in [0, 0.1) is 11.7 Å². The average Bonchev–Trinajstić information content (AvgIpc) is 3.49. The van der Waals surface area contributed by atoms with Gasteiger partial charge in [0.25, 0.3) is 0 Å². The molecule has 1 heterocycles.